The number of carbonyl (C=O) groups excluding carboxylic acids is 1. The molecule has 2 fully saturated rings. The molecule has 3 heterocycles. The molecule has 0 aliphatic carbocycles. The van der Waals surface area contributed by atoms with Gasteiger partial charge in [-0.1, -0.05) is 0 Å². The highest BCUT2D eigenvalue weighted by atomic mass is 79.9. The van der Waals surface area contributed by atoms with Crippen LogP contribution in [-0.2, 0) is 0 Å². The van der Waals surface area contributed by atoms with Crippen LogP contribution in [0.3, 0.4) is 0 Å². The Bertz CT molecular complexity index is 462. The molecule has 0 spiro atoms. The van der Waals surface area contributed by atoms with E-state index in [0.29, 0.717) is 5.92 Å². The van der Waals surface area contributed by atoms with Crippen molar-refractivity contribution in [2.75, 3.05) is 13.6 Å². The normalized spacial score (nSPS) is 30.5. The first-order valence-corrected chi connectivity index (χ1v) is 8.50. The lowest BCUT2D eigenvalue weighted by Gasteiger charge is -2.36. The number of nitrogens with one attached hydrogen (secondary N) is 1. The standard InChI is InChI=1S/C14H19BrN2OS/c1-17-10-2-3-11(17)7-9(6-10)8-16-14(18)12-4-5-13(15)19-12/h4-5,9-11H,2-3,6-8H2,1H3,(H,16,18). The molecule has 5 heteroatoms. The van der Waals surface area contributed by atoms with Gasteiger partial charge >= 0.3 is 0 Å². The summed E-state index contributed by atoms with van der Waals surface area (Å²) in [7, 11) is 2.25. The van der Waals surface area contributed by atoms with Crippen LogP contribution in [0.1, 0.15) is 35.4 Å². The highest BCUT2D eigenvalue weighted by Crippen LogP contribution is 2.37. The predicted molar refractivity (Wildman–Crippen MR) is 81.6 cm³/mol. The van der Waals surface area contributed by atoms with Crippen molar-refractivity contribution in [1.29, 1.82) is 0 Å². The van der Waals surface area contributed by atoms with Gasteiger partial charge in [-0.3, -0.25) is 4.79 Å². The molecule has 2 aliphatic rings. The molecule has 1 aromatic rings. The molecule has 2 saturated heterocycles. The molecule has 2 unspecified atom stereocenters. The van der Waals surface area contributed by atoms with Gasteiger partial charge in [0.1, 0.15) is 0 Å². The van der Waals surface area contributed by atoms with E-state index < -0.39 is 0 Å². The van der Waals surface area contributed by atoms with Crippen LogP contribution in [-0.4, -0.2) is 36.5 Å². The lowest BCUT2D eigenvalue weighted by atomic mass is 9.91. The summed E-state index contributed by atoms with van der Waals surface area (Å²) in [6, 6.07) is 5.30. The molecule has 3 rings (SSSR count). The highest BCUT2D eigenvalue weighted by molar-refractivity contribution is 9.11. The number of fused-ring (bicyclic) bond motifs is 2. The number of carbonyl (C=O) groups is 1. The van der Waals surface area contributed by atoms with Crippen molar-refractivity contribution in [3.8, 4) is 0 Å². The Morgan fingerprint density at radius 3 is 2.68 bits per heavy atom. The average molecular weight is 343 g/mol. The van der Waals surface area contributed by atoms with Crippen molar-refractivity contribution in [3.05, 3.63) is 20.8 Å². The Kier molecular flexibility index (Phi) is 3.96. The van der Waals surface area contributed by atoms with Gasteiger partial charge in [-0.2, -0.15) is 0 Å². The summed E-state index contributed by atoms with van der Waals surface area (Å²) >= 11 is 4.88. The minimum atomic E-state index is 0.0713. The first-order chi connectivity index (χ1) is 9.13. The van der Waals surface area contributed by atoms with Crippen LogP contribution in [0.4, 0.5) is 0 Å². The van der Waals surface area contributed by atoms with E-state index in [9.17, 15) is 4.79 Å². The predicted octanol–water partition coefficient (Wildman–Crippen LogP) is 3.11. The summed E-state index contributed by atoms with van der Waals surface area (Å²) < 4.78 is 1.01. The van der Waals surface area contributed by atoms with Gasteiger partial charge in [0.25, 0.3) is 5.91 Å². The van der Waals surface area contributed by atoms with E-state index in [1.165, 1.54) is 37.0 Å². The van der Waals surface area contributed by atoms with Crippen molar-refractivity contribution in [1.82, 2.24) is 10.2 Å². The summed E-state index contributed by atoms with van der Waals surface area (Å²) in [4.78, 5) is 15.3. The Morgan fingerprint density at radius 2 is 2.11 bits per heavy atom. The fourth-order valence-corrected chi connectivity index (χ4v) is 4.75. The minimum Gasteiger partial charge on any atom is -0.351 e. The monoisotopic (exact) mass is 342 g/mol. The van der Waals surface area contributed by atoms with Crippen molar-refractivity contribution >= 4 is 33.2 Å². The van der Waals surface area contributed by atoms with E-state index >= 15 is 0 Å². The molecular formula is C14H19BrN2OS. The maximum atomic E-state index is 12.0. The van der Waals surface area contributed by atoms with Crippen LogP contribution in [0.5, 0.6) is 0 Å². The first kappa shape index (κ1) is 13.6. The second-order valence-electron chi connectivity index (χ2n) is 5.70. The quantitative estimate of drug-likeness (QED) is 0.915. The maximum Gasteiger partial charge on any atom is 0.261 e. The molecule has 104 valence electrons. The number of halogens is 1. The van der Waals surface area contributed by atoms with E-state index in [4.69, 9.17) is 0 Å². The third-order valence-electron chi connectivity index (χ3n) is 4.54. The molecule has 0 saturated carbocycles. The largest absolute Gasteiger partial charge is 0.351 e. The zero-order chi connectivity index (χ0) is 13.4. The second-order valence-corrected chi connectivity index (χ2v) is 8.16. The van der Waals surface area contributed by atoms with Gasteiger partial charge in [-0.05, 0) is 66.7 Å². The van der Waals surface area contributed by atoms with E-state index in [1.807, 2.05) is 12.1 Å². The molecule has 3 nitrogen and oxygen atoms in total. The van der Waals surface area contributed by atoms with Crippen LogP contribution in [0.2, 0.25) is 0 Å². The number of nitrogens with zero attached hydrogens (tertiary/aromatic N) is 1. The van der Waals surface area contributed by atoms with E-state index in [0.717, 1.165) is 27.3 Å². The number of thiophene rings is 1. The summed E-state index contributed by atoms with van der Waals surface area (Å²) in [5.41, 5.74) is 0. The molecule has 0 radical (unpaired) electrons. The fourth-order valence-electron chi connectivity index (χ4n) is 3.45. The van der Waals surface area contributed by atoms with Crippen LogP contribution < -0.4 is 5.32 Å². The number of rotatable bonds is 3. The summed E-state index contributed by atoms with van der Waals surface area (Å²) in [5.74, 6) is 0.725. The summed E-state index contributed by atoms with van der Waals surface area (Å²) in [6.07, 6.45) is 5.15. The minimum absolute atomic E-state index is 0.0713. The lowest BCUT2D eigenvalue weighted by Crippen LogP contribution is -2.43. The molecule has 19 heavy (non-hydrogen) atoms. The molecule has 1 amide bonds. The van der Waals surface area contributed by atoms with Gasteiger partial charge in [-0.15, -0.1) is 11.3 Å². The van der Waals surface area contributed by atoms with Crippen LogP contribution >= 0.6 is 27.3 Å². The molecule has 1 aromatic heterocycles. The van der Waals surface area contributed by atoms with Crippen LogP contribution in [0.15, 0.2) is 15.9 Å². The van der Waals surface area contributed by atoms with Gasteiger partial charge in [-0.25, -0.2) is 0 Å². The summed E-state index contributed by atoms with van der Waals surface area (Å²) in [5, 5.41) is 3.10. The van der Waals surface area contributed by atoms with Crippen molar-refractivity contribution in [2.24, 2.45) is 5.92 Å². The third-order valence-corrected chi connectivity index (χ3v) is 6.17. The SMILES string of the molecule is CN1C2CCC1CC(CNC(=O)c1ccc(Br)s1)C2. The average Bonchev–Trinajstić information content (AvgIpc) is 2.88. The van der Waals surface area contributed by atoms with Crippen LogP contribution in [0.25, 0.3) is 0 Å². The molecule has 2 bridgehead atoms. The van der Waals surface area contributed by atoms with E-state index in [2.05, 4.69) is 33.2 Å². The molecule has 2 aliphatic heterocycles. The molecule has 2 atom stereocenters. The molecule has 0 aromatic carbocycles. The molecule has 1 N–H and O–H groups in total. The Morgan fingerprint density at radius 1 is 1.42 bits per heavy atom. The Hall–Kier alpha value is -0.390. The van der Waals surface area contributed by atoms with E-state index in [-0.39, 0.29) is 5.91 Å². The smallest absolute Gasteiger partial charge is 0.261 e. The number of amides is 1. The lowest BCUT2D eigenvalue weighted by molar-refractivity contribution is 0.0921. The van der Waals surface area contributed by atoms with Crippen molar-refractivity contribution in [2.45, 2.75) is 37.8 Å². The Labute approximate surface area is 126 Å². The van der Waals surface area contributed by atoms with Crippen molar-refractivity contribution < 1.29 is 4.79 Å². The summed E-state index contributed by atoms with van der Waals surface area (Å²) in [6.45, 7) is 0.829. The Balaban J connectivity index is 1.52. The first-order valence-electron chi connectivity index (χ1n) is 6.89. The zero-order valence-electron chi connectivity index (χ0n) is 11.1. The zero-order valence-corrected chi connectivity index (χ0v) is 13.5. The van der Waals surface area contributed by atoms with Crippen molar-refractivity contribution in [3.63, 3.8) is 0 Å². The number of hydrogen-bond acceptors (Lipinski definition) is 3. The van der Waals surface area contributed by atoms with Gasteiger partial charge in [0, 0.05) is 18.6 Å². The van der Waals surface area contributed by atoms with Crippen LogP contribution in [0, 0.1) is 5.92 Å². The number of piperidine rings is 1. The maximum absolute atomic E-state index is 12.0. The topological polar surface area (TPSA) is 32.3 Å². The van der Waals surface area contributed by atoms with Gasteiger partial charge in [0.05, 0.1) is 8.66 Å². The van der Waals surface area contributed by atoms with E-state index in [1.54, 1.807) is 0 Å². The number of hydrogen-bond donors (Lipinski definition) is 1. The second kappa shape index (κ2) is 5.54. The van der Waals surface area contributed by atoms with Gasteiger partial charge in [0.15, 0.2) is 0 Å². The third kappa shape index (κ3) is 2.88. The van der Waals surface area contributed by atoms with Gasteiger partial charge < -0.3 is 10.2 Å². The fraction of sp³-hybridized carbons (Fsp3) is 0.643. The highest BCUT2D eigenvalue weighted by Gasteiger charge is 2.38. The molecular weight excluding hydrogens is 324 g/mol. The van der Waals surface area contributed by atoms with Gasteiger partial charge in [0.2, 0.25) is 0 Å².